The third-order valence-corrected chi connectivity index (χ3v) is 4.56. The summed E-state index contributed by atoms with van der Waals surface area (Å²) in [5.41, 5.74) is 0. The van der Waals surface area contributed by atoms with E-state index in [2.05, 4.69) is 15.5 Å². The van der Waals surface area contributed by atoms with Crippen LogP contribution in [-0.2, 0) is 11.3 Å². The Balaban J connectivity index is 1.43. The molecule has 0 atom stereocenters. The highest BCUT2D eigenvalue weighted by Gasteiger charge is 2.21. The van der Waals surface area contributed by atoms with E-state index in [0.29, 0.717) is 17.7 Å². The van der Waals surface area contributed by atoms with Gasteiger partial charge < -0.3 is 14.2 Å². The normalized spacial score (nSPS) is 15.8. The SMILES string of the molecule is O=C(CSc1nnc(C2CCCCC2)o1)NCc1ccco1. The van der Waals surface area contributed by atoms with E-state index in [4.69, 9.17) is 8.83 Å². The Labute approximate surface area is 133 Å². The summed E-state index contributed by atoms with van der Waals surface area (Å²) >= 11 is 1.27. The molecule has 1 aliphatic carbocycles. The fourth-order valence-corrected chi connectivity index (χ4v) is 3.17. The molecule has 1 fully saturated rings. The number of hydrogen-bond donors (Lipinski definition) is 1. The van der Waals surface area contributed by atoms with Crippen molar-refractivity contribution < 1.29 is 13.6 Å². The van der Waals surface area contributed by atoms with Crippen LogP contribution in [0.1, 0.15) is 49.7 Å². The highest BCUT2D eigenvalue weighted by atomic mass is 32.2. The van der Waals surface area contributed by atoms with Crippen LogP contribution >= 0.6 is 11.8 Å². The summed E-state index contributed by atoms with van der Waals surface area (Å²) in [6.07, 6.45) is 7.57. The number of aromatic nitrogens is 2. The topological polar surface area (TPSA) is 81.2 Å². The summed E-state index contributed by atoms with van der Waals surface area (Å²) in [5.74, 6) is 2.02. The van der Waals surface area contributed by atoms with Crippen LogP contribution in [0.3, 0.4) is 0 Å². The van der Waals surface area contributed by atoms with E-state index in [1.165, 1.54) is 31.0 Å². The molecule has 0 bridgehead atoms. The van der Waals surface area contributed by atoms with Gasteiger partial charge in [-0.1, -0.05) is 31.0 Å². The largest absolute Gasteiger partial charge is 0.467 e. The van der Waals surface area contributed by atoms with Gasteiger partial charge in [0.2, 0.25) is 11.8 Å². The lowest BCUT2D eigenvalue weighted by Gasteiger charge is -2.17. The van der Waals surface area contributed by atoms with Crippen molar-refractivity contribution in [3.05, 3.63) is 30.0 Å². The van der Waals surface area contributed by atoms with E-state index in [1.807, 2.05) is 6.07 Å². The maximum Gasteiger partial charge on any atom is 0.277 e. The van der Waals surface area contributed by atoms with Gasteiger partial charge in [-0.05, 0) is 25.0 Å². The van der Waals surface area contributed by atoms with Crippen molar-refractivity contribution in [3.8, 4) is 0 Å². The lowest BCUT2D eigenvalue weighted by molar-refractivity contribution is -0.118. The van der Waals surface area contributed by atoms with Crippen LogP contribution < -0.4 is 5.32 Å². The van der Waals surface area contributed by atoms with Gasteiger partial charge in [0.25, 0.3) is 5.22 Å². The molecular formula is C15H19N3O3S. The molecule has 1 amide bonds. The third-order valence-electron chi connectivity index (χ3n) is 3.74. The standard InChI is InChI=1S/C15H19N3O3S/c19-13(16-9-12-7-4-8-20-12)10-22-15-18-17-14(21-15)11-5-2-1-3-6-11/h4,7-8,11H,1-3,5-6,9-10H2,(H,16,19). The van der Waals surface area contributed by atoms with E-state index in [0.717, 1.165) is 24.5 Å². The number of thioether (sulfide) groups is 1. The molecule has 3 rings (SSSR count). The number of rotatable bonds is 6. The van der Waals surface area contributed by atoms with Crippen molar-refractivity contribution in [2.75, 3.05) is 5.75 Å². The summed E-state index contributed by atoms with van der Waals surface area (Å²) < 4.78 is 10.8. The minimum atomic E-state index is -0.0844. The van der Waals surface area contributed by atoms with Crippen molar-refractivity contribution >= 4 is 17.7 Å². The highest BCUT2D eigenvalue weighted by molar-refractivity contribution is 7.99. The minimum Gasteiger partial charge on any atom is -0.467 e. The van der Waals surface area contributed by atoms with Gasteiger partial charge >= 0.3 is 0 Å². The van der Waals surface area contributed by atoms with Crippen molar-refractivity contribution in [1.29, 1.82) is 0 Å². The predicted molar refractivity (Wildman–Crippen MR) is 81.4 cm³/mol. The zero-order chi connectivity index (χ0) is 15.2. The van der Waals surface area contributed by atoms with Gasteiger partial charge in [0.15, 0.2) is 0 Å². The predicted octanol–water partition coefficient (Wildman–Crippen LogP) is 3.12. The third kappa shape index (κ3) is 4.13. The highest BCUT2D eigenvalue weighted by Crippen LogP contribution is 2.32. The fourth-order valence-electron chi connectivity index (χ4n) is 2.57. The molecule has 1 N–H and O–H groups in total. The average molecular weight is 321 g/mol. The van der Waals surface area contributed by atoms with Crippen molar-refractivity contribution in [3.63, 3.8) is 0 Å². The second kappa shape index (κ2) is 7.49. The zero-order valence-electron chi connectivity index (χ0n) is 12.3. The van der Waals surface area contributed by atoms with Gasteiger partial charge in [0, 0.05) is 5.92 Å². The maximum atomic E-state index is 11.8. The van der Waals surface area contributed by atoms with Crippen molar-refractivity contribution in [1.82, 2.24) is 15.5 Å². The smallest absolute Gasteiger partial charge is 0.277 e. The number of carbonyl (C=O) groups excluding carboxylic acids is 1. The molecule has 7 heteroatoms. The Bertz CT molecular complexity index is 591. The van der Waals surface area contributed by atoms with Gasteiger partial charge in [-0.3, -0.25) is 4.79 Å². The molecule has 0 saturated heterocycles. The average Bonchev–Trinajstić information content (AvgIpc) is 3.23. The number of carbonyl (C=O) groups is 1. The van der Waals surface area contributed by atoms with E-state index < -0.39 is 0 Å². The Morgan fingerprint density at radius 3 is 2.95 bits per heavy atom. The Kier molecular flexibility index (Phi) is 5.15. The van der Waals surface area contributed by atoms with Gasteiger partial charge in [-0.2, -0.15) is 0 Å². The fraction of sp³-hybridized carbons (Fsp3) is 0.533. The summed E-state index contributed by atoms with van der Waals surface area (Å²) in [7, 11) is 0. The molecule has 2 aromatic heterocycles. The molecule has 118 valence electrons. The number of nitrogens with one attached hydrogen (secondary N) is 1. The lowest BCUT2D eigenvalue weighted by Crippen LogP contribution is -2.24. The molecule has 0 radical (unpaired) electrons. The minimum absolute atomic E-state index is 0.0844. The molecule has 6 nitrogen and oxygen atoms in total. The summed E-state index contributed by atoms with van der Waals surface area (Å²) in [6.45, 7) is 0.392. The van der Waals surface area contributed by atoms with Crippen LogP contribution in [0.5, 0.6) is 0 Å². The number of nitrogens with zero attached hydrogens (tertiary/aromatic N) is 2. The molecule has 1 saturated carbocycles. The van der Waals surface area contributed by atoms with Crippen molar-refractivity contribution in [2.24, 2.45) is 0 Å². The van der Waals surface area contributed by atoms with Crippen molar-refractivity contribution in [2.45, 2.75) is 49.8 Å². The van der Waals surface area contributed by atoms with Gasteiger partial charge in [-0.25, -0.2) is 0 Å². The monoisotopic (exact) mass is 321 g/mol. The van der Waals surface area contributed by atoms with Crippen LogP contribution in [-0.4, -0.2) is 21.9 Å². The molecule has 0 aromatic carbocycles. The number of amides is 1. The van der Waals surface area contributed by atoms with Crippen LogP contribution in [0.2, 0.25) is 0 Å². The molecule has 0 spiro atoms. The van der Waals surface area contributed by atoms with Crippen LogP contribution in [0.25, 0.3) is 0 Å². The molecule has 0 unspecified atom stereocenters. The maximum absolute atomic E-state index is 11.8. The number of hydrogen-bond acceptors (Lipinski definition) is 6. The quantitative estimate of drug-likeness (QED) is 0.823. The first-order valence-electron chi connectivity index (χ1n) is 7.56. The lowest BCUT2D eigenvalue weighted by atomic mass is 9.89. The summed E-state index contributed by atoms with van der Waals surface area (Å²) in [5, 5.41) is 11.4. The molecule has 2 aromatic rings. The zero-order valence-corrected chi connectivity index (χ0v) is 13.1. The molecule has 22 heavy (non-hydrogen) atoms. The first-order chi connectivity index (χ1) is 10.8. The second-order valence-electron chi connectivity index (χ2n) is 5.39. The van der Waals surface area contributed by atoms with E-state index in [1.54, 1.807) is 12.3 Å². The summed E-state index contributed by atoms with van der Waals surface area (Å²) in [4.78, 5) is 11.8. The van der Waals surface area contributed by atoms with Crippen LogP contribution in [0.4, 0.5) is 0 Å². The molecule has 2 heterocycles. The second-order valence-corrected chi connectivity index (χ2v) is 6.31. The molecule has 1 aliphatic rings. The van der Waals surface area contributed by atoms with E-state index in [-0.39, 0.29) is 11.7 Å². The van der Waals surface area contributed by atoms with E-state index >= 15 is 0 Å². The molecule has 0 aliphatic heterocycles. The number of furan rings is 1. The Morgan fingerprint density at radius 1 is 1.32 bits per heavy atom. The van der Waals surface area contributed by atoms with E-state index in [9.17, 15) is 4.79 Å². The first kappa shape index (κ1) is 15.1. The first-order valence-corrected chi connectivity index (χ1v) is 8.55. The molecular weight excluding hydrogens is 302 g/mol. The van der Waals surface area contributed by atoms with Crippen LogP contribution in [0.15, 0.2) is 32.5 Å². The van der Waals surface area contributed by atoms with Gasteiger partial charge in [-0.15, -0.1) is 10.2 Å². The Morgan fingerprint density at radius 2 is 2.18 bits per heavy atom. The summed E-state index contributed by atoms with van der Waals surface area (Å²) in [6, 6.07) is 3.61. The van der Waals surface area contributed by atoms with Gasteiger partial charge in [0.1, 0.15) is 5.76 Å². The van der Waals surface area contributed by atoms with Gasteiger partial charge in [0.05, 0.1) is 18.6 Å². The Hall–Kier alpha value is -1.76. The van der Waals surface area contributed by atoms with Crippen LogP contribution in [0, 0.1) is 0 Å².